The third-order valence-electron chi connectivity index (χ3n) is 2.57. The summed E-state index contributed by atoms with van der Waals surface area (Å²) in [6.45, 7) is 3.99. The van der Waals surface area contributed by atoms with E-state index >= 15 is 0 Å². The van der Waals surface area contributed by atoms with Gasteiger partial charge in [-0.05, 0) is 44.0 Å². The van der Waals surface area contributed by atoms with Crippen molar-refractivity contribution in [2.24, 2.45) is 0 Å². The summed E-state index contributed by atoms with van der Waals surface area (Å²) in [6.07, 6.45) is 2.09. The lowest BCUT2D eigenvalue weighted by molar-refractivity contribution is 0.185. The molecule has 0 saturated heterocycles. The molecule has 0 aliphatic carbocycles. The fourth-order valence-corrected chi connectivity index (χ4v) is 1.64. The molecule has 0 aliphatic rings. The topological polar surface area (TPSA) is 21.3 Å². The molecule has 16 heavy (non-hydrogen) atoms. The largest absolute Gasteiger partial charge is 0.385 e. The molecule has 2 nitrogen and oxygen atoms in total. The fourth-order valence-electron chi connectivity index (χ4n) is 1.51. The van der Waals surface area contributed by atoms with Gasteiger partial charge in [0.2, 0.25) is 0 Å². The van der Waals surface area contributed by atoms with Crippen molar-refractivity contribution in [1.29, 1.82) is 0 Å². The van der Waals surface area contributed by atoms with Gasteiger partial charge < -0.3 is 10.1 Å². The Morgan fingerprint density at radius 3 is 2.62 bits per heavy atom. The van der Waals surface area contributed by atoms with Gasteiger partial charge in [-0.3, -0.25) is 0 Å². The molecule has 1 aromatic carbocycles. The summed E-state index contributed by atoms with van der Waals surface area (Å²) in [7, 11) is 1.74. The van der Waals surface area contributed by atoms with Crippen LogP contribution in [-0.4, -0.2) is 26.3 Å². The normalized spacial score (nSPS) is 12.7. The average Bonchev–Trinajstić information content (AvgIpc) is 2.29. The second-order valence-corrected chi connectivity index (χ2v) is 4.45. The van der Waals surface area contributed by atoms with E-state index in [1.54, 1.807) is 7.11 Å². The maximum Gasteiger partial charge on any atom is 0.0476 e. The van der Waals surface area contributed by atoms with Crippen LogP contribution >= 0.6 is 11.6 Å². The van der Waals surface area contributed by atoms with E-state index in [-0.39, 0.29) is 0 Å². The first-order valence-electron chi connectivity index (χ1n) is 5.69. The molecular formula is C13H20ClNO. The van der Waals surface area contributed by atoms with Crippen molar-refractivity contribution in [3.63, 3.8) is 0 Å². The molecule has 90 valence electrons. The van der Waals surface area contributed by atoms with Crippen LogP contribution in [0.5, 0.6) is 0 Å². The van der Waals surface area contributed by atoms with Crippen LogP contribution in [0.25, 0.3) is 0 Å². The number of hydrogen-bond acceptors (Lipinski definition) is 2. The lowest BCUT2D eigenvalue weighted by atomic mass is 10.1. The van der Waals surface area contributed by atoms with Gasteiger partial charge in [-0.1, -0.05) is 23.7 Å². The van der Waals surface area contributed by atoms with E-state index in [0.717, 1.165) is 31.0 Å². The number of hydrogen-bond donors (Lipinski definition) is 1. The van der Waals surface area contributed by atoms with E-state index in [0.29, 0.717) is 6.04 Å². The van der Waals surface area contributed by atoms with Gasteiger partial charge in [-0.2, -0.15) is 0 Å². The highest BCUT2D eigenvalue weighted by Gasteiger charge is 2.00. The first-order valence-corrected chi connectivity index (χ1v) is 6.07. The Kier molecular flexibility index (Phi) is 6.46. The molecule has 0 amide bonds. The summed E-state index contributed by atoms with van der Waals surface area (Å²) >= 11 is 5.82. The molecule has 0 heterocycles. The smallest absolute Gasteiger partial charge is 0.0476 e. The van der Waals surface area contributed by atoms with Crippen LogP contribution in [0.2, 0.25) is 5.02 Å². The molecule has 3 heteroatoms. The van der Waals surface area contributed by atoms with E-state index in [9.17, 15) is 0 Å². The molecule has 0 fully saturated rings. The van der Waals surface area contributed by atoms with Gasteiger partial charge >= 0.3 is 0 Å². The van der Waals surface area contributed by atoms with E-state index in [1.807, 2.05) is 12.1 Å². The van der Waals surface area contributed by atoms with Gasteiger partial charge in [0.05, 0.1) is 0 Å². The van der Waals surface area contributed by atoms with E-state index in [4.69, 9.17) is 16.3 Å². The van der Waals surface area contributed by atoms with Crippen LogP contribution in [0, 0.1) is 0 Å². The van der Waals surface area contributed by atoms with Gasteiger partial charge in [0.25, 0.3) is 0 Å². The lowest BCUT2D eigenvalue weighted by Crippen LogP contribution is -2.29. The van der Waals surface area contributed by atoms with Crippen molar-refractivity contribution in [2.45, 2.75) is 25.8 Å². The maximum absolute atomic E-state index is 5.82. The predicted molar refractivity (Wildman–Crippen MR) is 69.1 cm³/mol. The quantitative estimate of drug-likeness (QED) is 0.793. The van der Waals surface area contributed by atoms with Crippen LogP contribution in [0.1, 0.15) is 18.9 Å². The second kappa shape index (κ2) is 7.66. The average molecular weight is 242 g/mol. The van der Waals surface area contributed by atoms with Crippen molar-refractivity contribution in [3.8, 4) is 0 Å². The molecule has 0 aliphatic heterocycles. The zero-order chi connectivity index (χ0) is 11.8. The van der Waals surface area contributed by atoms with E-state index in [2.05, 4.69) is 24.4 Å². The molecule has 0 bridgehead atoms. The maximum atomic E-state index is 5.82. The van der Waals surface area contributed by atoms with Gasteiger partial charge in [0.1, 0.15) is 0 Å². The number of halogens is 1. The summed E-state index contributed by atoms with van der Waals surface area (Å²) in [6, 6.07) is 8.52. The molecular weight excluding hydrogens is 222 g/mol. The SMILES string of the molecule is COCCC(C)NCCc1ccc(Cl)cc1. The molecule has 1 N–H and O–H groups in total. The fraction of sp³-hybridized carbons (Fsp3) is 0.538. The van der Waals surface area contributed by atoms with Gasteiger partial charge in [-0.25, -0.2) is 0 Å². The van der Waals surface area contributed by atoms with Crippen LogP contribution in [0.3, 0.4) is 0 Å². The Bertz CT molecular complexity index is 286. The monoisotopic (exact) mass is 241 g/mol. The van der Waals surface area contributed by atoms with Gasteiger partial charge in [-0.15, -0.1) is 0 Å². The van der Waals surface area contributed by atoms with Crippen LogP contribution in [0.15, 0.2) is 24.3 Å². The van der Waals surface area contributed by atoms with Crippen molar-refractivity contribution in [1.82, 2.24) is 5.32 Å². The number of ether oxygens (including phenoxy) is 1. The highest BCUT2D eigenvalue weighted by Crippen LogP contribution is 2.09. The molecule has 0 radical (unpaired) electrons. The predicted octanol–water partition coefficient (Wildman–Crippen LogP) is 2.90. The molecule has 0 spiro atoms. The summed E-state index contributed by atoms with van der Waals surface area (Å²) in [5.41, 5.74) is 1.32. The zero-order valence-corrected chi connectivity index (χ0v) is 10.8. The number of nitrogens with one attached hydrogen (secondary N) is 1. The number of rotatable bonds is 7. The standard InChI is InChI=1S/C13H20ClNO/c1-11(8-10-16-2)15-9-7-12-3-5-13(14)6-4-12/h3-6,11,15H,7-10H2,1-2H3. The second-order valence-electron chi connectivity index (χ2n) is 4.01. The summed E-state index contributed by atoms with van der Waals surface area (Å²) < 4.78 is 5.04. The third kappa shape index (κ3) is 5.50. The first-order chi connectivity index (χ1) is 7.72. The highest BCUT2D eigenvalue weighted by molar-refractivity contribution is 6.30. The van der Waals surface area contributed by atoms with Crippen molar-refractivity contribution >= 4 is 11.6 Å². The molecule has 1 atom stereocenters. The van der Waals surface area contributed by atoms with Crippen molar-refractivity contribution < 1.29 is 4.74 Å². The van der Waals surface area contributed by atoms with Gasteiger partial charge in [0.15, 0.2) is 0 Å². The minimum Gasteiger partial charge on any atom is -0.385 e. The molecule has 1 rings (SSSR count). The Hall–Kier alpha value is -0.570. The zero-order valence-electron chi connectivity index (χ0n) is 10.0. The number of benzene rings is 1. The molecule has 1 aromatic rings. The summed E-state index contributed by atoms with van der Waals surface area (Å²) in [5.74, 6) is 0. The van der Waals surface area contributed by atoms with Crippen LogP contribution in [0.4, 0.5) is 0 Å². The Labute approximate surface area is 103 Å². The summed E-state index contributed by atoms with van der Waals surface area (Å²) in [5, 5.41) is 4.26. The van der Waals surface area contributed by atoms with E-state index < -0.39 is 0 Å². The van der Waals surface area contributed by atoms with Crippen LogP contribution in [-0.2, 0) is 11.2 Å². The Balaban J connectivity index is 2.17. The van der Waals surface area contributed by atoms with Crippen molar-refractivity contribution in [3.05, 3.63) is 34.9 Å². The minimum atomic E-state index is 0.507. The van der Waals surface area contributed by atoms with E-state index in [1.165, 1.54) is 5.56 Å². The lowest BCUT2D eigenvalue weighted by Gasteiger charge is -2.12. The number of methoxy groups -OCH3 is 1. The first kappa shape index (κ1) is 13.5. The summed E-state index contributed by atoms with van der Waals surface area (Å²) in [4.78, 5) is 0. The Morgan fingerprint density at radius 2 is 2.00 bits per heavy atom. The molecule has 1 unspecified atom stereocenters. The highest BCUT2D eigenvalue weighted by atomic mass is 35.5. The third-order valence-corrected chi connectivity index (χ3v) is 2.83. The van der Waals surface area contributed by atoms with Crippen molar-refractivity contribution in [2.75, 3.05) is 20.3 Å². The molecule has 0 aromatic heterocycles. The minimum absolute atomic E-state index is 0.507. The van der Waals surface area contributed by atoms with Gasteiger partial charge in [0, 0.05) is 24.8 Å². The molecule has 0 saturated carbocycles. The van der Waals surface area contributed by atoms with Crippen LogP contribution < -0.4 is 5.32 Å². The Morgan fingerprint density at radius 1 is 1.31 bits per heavy atom.